The van der Waals surface area contributed by atoms with Crippen molar-refractivity contribution >= 4 is 7.82 Å². The summed E-state index contributed by atoms with van der Waals surface area (Å²) >= 11 is 0. The van der Waals surface area contributed by atoms with Crippen LogP contribution in [-0.4, -0.2) is 38.7 Å². The summed E-state index contributed by atoms with van der Waals surface area (Å²) in [6, 6.07) is 0.764. The van der Waals surface area contributed by atoms with E-state index in [4.69, 9.17) is 19.2 Å². The summed E-state index contributed by atoms with van der Waals surface area (Å²) in [5.41, 5.74) is 0. The quantitative estimate of drug-likeness (QED) is 0.629. The molecule has 3 N–H and O–H groups in total. The molecule has 5 nitrogen and oxygen atoms in total. The predicted octanol–water partition coefficient (Wildman–Crippen LogP) is 1.20. The summed E-state index contributed by atoms with van der Waals surface area (Å²) in [4.78, 5) is 24.0. The summed E-state index contributed by atoms with van der Waals surface area (Å²) in [5, 5.41) is 0. The molecular weight excluding hydrogens is 205 g/mol. The van der Waals surface area contributed by atoms with Gasteiger partial charge in [-0.15, -0.1) is 0 Å². The maximum Gasteiger partial charge on any atom is 0.466 e. The summed E-state index contributed by atoms with van der Waals surface area (Å²) in [6.45, 7) is 11.3. The highest BCUT2D eigenvalue weighted by Gasteiger charge is 2.05. The van der Waals surface area contributed by atoms with Crippen LogP contribution in [0.1, 0.15) is 34.1 Å². The van der Waals surface area contributed by atoms with Gasteiger partial charge in [0.05, 0.1) is 0 Å². The van der Waals surface area contributed by atoms with Gasteiger partial charge in [0.15, 0.2) is 0 Å². The highest BCUT2D eigenvalue weighted by molar-refractivity contribution is 7.45. The average molecular weight is 227 g/mol. The molecule has 1 unspecified atom stereocenters. The Morgan fingerprint density at radius 3 is 1.50 bits per heavy atom. The number of phosphoric acid groups is 1. The van der Waals surface area contributed by atoms with Crippen LogP contribution in [0.2, 0.25) is 0 Å². The molecule has 0 bridgehead atoms. The van der Waals surface area contributed by atoms with Crippen LogP contribution < -0.4 is 0 Å². The van der Waals surface area contributed by atoms with Gasteiger partial charge in [0.25, 0.3) is 0 Å². The van der Waals surface area contributed by atoms with Gasteiger partial charge in [0, 0.05) is 6.04 Å². The zero-order valence-corrected chi connectivity index (χ0v) is 10.2. The first-order chi connectivity index (χ1) is 6.26. The van der Waals surface area contributed by atoms with Crippen LogP contribution in [0.25, 0.3) is 0 Å². The number of hydrogen-bond acceptors (Lipinski definition) is 2. The van der Waals surface area contributed by atoms with Crippen LogP contribution in [0.4, 0.5) is 0 Å². The molecule has 0 heterocycles. The molecule has 0 aromatic carbocycles. The van der Waals surface area contributed by atoms with Gasteiger partial charge < -0.3 is 19.6 Å². The third kappa shape index (κ3) is 14.6. The van der Waals surface area contributed by atoms with E-state index in [2.05, 4.69) is 32.6 Å². The van der Waals surface area contributed by atoms with Gasteiger partial charge in [-0.1, -0.05) is 20.8 Å². The highest BCUT2D eigenvalue weighted by atomic mass is 31.2. The van der Waals surface area contributed by atoms with Crippen LogP contribution in [0.15, 0.2) is 0 Å². The zero-order valence-electron chi connectivity index (χ0n) is 9.34. The minimum Gasteiger partial charge on any atom is -0.303 e. The van der Waals surface area contributed by atoms with Gasteiger partial charge in [-0.05, 0) is 26.4 Å². The van der Waals surface area contributed by atoms with E-state index in [1.165, 1.54) is 19.5 Å². The first-order valence-corrected chi connectivity index (χ1v) is 6.35. The lowest BCUT2D eigenvalue weighted by Crippen LogP contribution is -2.31. The Bertz CT molecular complexity index is 158. The molecular formula is C8H22NO4P. The lowest BCUT2D eigenvalue weighted by molar-refractivity contribution is 0.226. The smallest absolute Gasteiger partial charge is 0.303 e. The molecule has 0 saturated heterocycles. The fourth-order valence-electron chi connectivity index (χ4n) is 1.11. The molecule has 0 aliphatic heterocycles. The van der Waals surface area contributed by atoms with Crippen LogP contribution in [0.5, 0.6) is 0 Å². The van der Waals surface area contributed by atoms with E-state index in [1.807, 2.05) is 0 Å². The van der Waals surface area contributed by atoms with Crippen molar-refractivity contribution in [3.05, 3.63) is 0 Å². The summed E-state index contributed by atoms with van der Waals surface area (Å²) < 4.78 is 8.88. The minimum absolute atomic E-state index is 0.764. The van der Waals surface area contributed by atoms with Crippen molar-refractivity contribution in [2.24, 2.45) is 0 Å². The maximum absolute atomic E-state index is 8.88. The van der Waals surface area contributed by atoms with Crippen LogP contribution in [0, 0.1) is 0 Å². The van der Waals surface area contributed by atoms with E-state index in [-0.39, 0.29) is 0 Å². The largest absolute Gasteiger partial charge is 0.466 e. The first kappa shape index (κ1) is 16.5. The maximum atomic E-state index is 8.88. The number of nitrogens with zero attached hydrogens (tertiary/aromatic N) is 1. The predicted molar refractivity (Wildman–Crippen MR) is 56.9 cm³/mol. The minimum atomic E-state index is -4.64. The molecule has 1 atom stereocenters. The molecule has 14 heavy (non-hydrogen) atoms. The second-order valence-corrected chi connectivity index (χ2v) is 4.02. The second kappa shape index (κ2) is 8.38. The van der Waals surface area contributed by atoms with E-state index >= 15 is 0 Å². The Morgan fingerprint density at radius 2 is 1.43 bits per heavy atom. The van der Waals surface area contributed by atoms with Gasteiger partial charge >= 0.3 is 7.82 Å². The summed E-state index contributed by atoms with van der Waals surface area (Å²) in [5.74, 6) is 0. The standard InChI is InChI=1S/C8H19N.H3O4P/c1-5-8(4)9(6-2)7-3;1-5(2,3)4/h8H,5-7H2,1-4H3;(H3,1,2,3,4). The Morgan fingerprint density at radius 1 is 1.14 bits per heavy atom. The molecule has 0 radical (unpaired) electrons. The first-order valence-electron chi connectivity index (χ1n) is 4.78. The van der Waals surface area contributed by atoms with E-state index in [0.717, 1.165) is 6.04 Å². The van der Waals surface area contributed by atoms with E-state index in [9.17, 15) is 0 Å². The molecule has 0 aliphatic rings. The molecule has 0 spiro atoms. The summed E-state index contributed by atoms with van der Waals surface area (Å²) in [7, 11) is -4.64. The molecule has 0 rings (SSSR count). The third-order valence-electron chi connectivity index (χ3n) is 2.03. The fraction of sp³-hybridized carbons (Fsp3) is 1.00. The number of rotatable bonds is 4. The molecule has 0 saturated carbocycles. The van der Waals surface area contributed by atoms with Gasteiger partial charge in [-0.3, -0.25) is 0 Å². The molecule has 6 heteroatoms. The molecule has 0 aromatic rings. The normalized spacial score (nSPS) is 13.4. The van der Waals surface area contributed by atoms with Crippen LogP contribution in [0.3, 0.4) is 0 Å². The lowest BCUT2D eigenvalue weighted by atomic mass is 10.2. The molecule has 0 aliphatic carbocycles. The SMILES string of the molecule is CCC(C)N(CC)CC.O=P(O)(O)O. The molecule has 0 fully saturated rings. The van der Waals surface area contributed by atoms with Gasteiger partial charge in [-0.25, -0.2) is 4.57 Å². The fourth-order valence-corrected chi connectivity index (χ4v) is 1.11. The van der Waals surface area contributed by atoms with Gasteiger partial charge in [-0.2, -0.15) is 0 Å². The van der Waals surface area contributed by atoms with Crippen molar-refractivity contribution in [3.8, 4) is 0 Å². The van der Waals surface area contributed by atoms with Crippen molar-refractivity contribution in [1.82, 2.24) is 4.90 Å². The van der Waals surface area contributed by atoms with Crippen LogP contribution >= 0.6 is 7.82 Å². The van der Waals surface area contributed by atoms with Gasteiger partial charge in [0.1, 0.15) is 0 Å². The number of hydrogen-bond donors (Lipinski definition) is 3. The van der Waals surface area contributed by atoms with Crippen molar-refractivity contribution < 1.29 is 19.2 Å². The molecule has 0 aromatic heterocycles. The topological polar surface area (TPSA) is 81.0 Å². The Labute approximate surface area is 86.0 Å². The zero-order chi connectivity index (χ0) is 11.8. The summed E-state index contributed by atoms with van der Waals surface area (Å²) in [6.07, 6.45) is 1.27. The monoisotopic (exact) mass is 227 g/mol. The van der Waals surface area contributed by atoms with E-state index < -0.39 is 7.82 Å². The Balaban J connectivity index is 0. The second-order valence-electron chi connectivity index (χ2n) is 2.99. The highest BCUT2D eigenvalue weighted by Crippen LogP contribution is 2.25. The molecule has 0 amide bonds. The van der Waals surface area contributed by atoms with Crippen molar-refractivity contribution in [2.75, 3.05) is 13.1 Å². The van der Waals surface area contributed by atoms with Crippen molar-refractivity contribution in [2.45, 2.75) is 40.2 Å². The Kier molecular flexibility index (Phi) is 9.88. The van der Waals surface area contributed by atoms with E-state index in [0.29, 0.717) is 0 Å². The van der Waals surface area contributed by atoms with Crippen LogP contribution in [-0.2, 0) is 4.57 Å². The average Bonchev–Trinajstić information content (AvgIpc) is 2.03. The lowest BCUT2D eigenvalue weighted by Gasteiger charge is -2.24. The van der Waals surface area contributed by atoms with E-state index in [1.54, 1.807) is 0 Å². The van der Waals surface area contributed by atoms with Gasteiger partial charge in [0.2, 0.25) is 0 Å². The van der Waals surface area contributed by atoms with Crippen molar-refractivity contribution in [1.29, 1.82) is 0 Å². The third-order valence-corrected chi connectivity index (χ3v) is 2.03. The Hall–Kier alpha value is 0.0700. The van der Waals surface area contributed by atoms with Crippen molar-refractivity contribution in [3.63, 3.8) is 0 Å². The molecule has 88 valence electrons.